The first-order chi connectivity index (χ1) is 4.93. The molecule has 1 rings (SSSR count). The number of hydrogen-bond donors (Lipinski definition) is 0. The second-order valence-corrected chi connectivity index (χ2v) is 2.12. The Morgan fingerprint density at radius 3 is 2.45 bits per heavy atom. The normalized spacial score (nSPS) is 8.82. The van der Waals surface area contributed by atoms with Gasteiger partial charge in [0.05, 0.1) is 6.61 Å². The van der Waals surface area contributed by atoms with E-state index in [9.17, 15) is 0 Å². The summed E-state index contributed by atoms with van der Waals surface area (Å²) in [6.45, 7) is 3.52. The Morgan fingerprint density at radius 2 is 1.91 bits per heavy atom. The van der Waals surface area contributed by atoms with Crippen molar-refractivity contribution in [3.8, 4) is 0 Å². The van der Waals surface area contributed by atoms with E-state index in [4.69, 9.17) is 4.74 Å². The summed E-state index contributed by atoms with van der Waals surface area (Å²) in [5.74, 6) is 0. The minimum atomic E-state index is 0. The van der Waals surface area contributed by atoms with E-state index < -0.39 is 0 Å². The van der Waals surface area contributed by atoms with E-state index >= 15 is 0 Å². The number of benzene rings is 1. The van der Waals surface area contributed by atoms with Crippen LogP contribution in [0.5, 0.6) is 0 Å². The molecule has 58 valence electrons. The summed E-state index contributed by atoms with van der Waals surface area (Å²) in [6.07, 6.45) is 0. The summed E-state index contributed by atoms with van der Waals surface area (Å²) < 4.78 is 5.22. The third kappa shape index (κ3) is 4.40. The molecule has 0 amide bonds. The second-order valence-electron chi connectivity index (χ2n) is 2.12. The van der Waals surface area contributed by atoms with E-state index in [0.29, 0.717) is 0 Å². The zero-order chi connectivity index (χ0) is 7.23. The molecule has 1 aromatic carbocycles. The van der Waals surface area contributed by atoms with Crippen LogP contribution in [-0.2, 0) is 11.3 Å². The summed E-state index contributed by atoms with van der Waals surface area (Å²) in [4.78, 5) is 0. The van der Waals surface area contributed by atoms with Gasteiger partial charge in [-0.05, 0) is 12.5 Å². The molecule has 0 spiro atoms. The van der Waals surface area contributed by atoms with E-state index in [-0.39, 0.29) is 25.9 Å². The van der Waals surface area contributed by atoms with Gasteiger partial charge in [0, 0.05) is 6.61 Å². The van der Waals surface area contributed by atoms with Crippen molar-refractivity contribution in [3.05, 3.63) is 35.9 Å². The molecule has 0 aliphatic carbocycles. The van der Waals surface area contributed by atoms with Gasteiger partial charge in [0.1, 0.15) is 0 Å². The van der Waals surface area contributed by atoms with Gasteiger partial charge in [0.15, 0.2) is 0 Å². The predicted octanol–water partition coefficient (Wildman–Crippen LogP) is 2.07. The zero-order valence-electron chi connectivity index (χ0n) is 8.92. The third-order valence-corrected chi connectivity index (χ3v) is 1.32. The third-order valence-electron chi connectivity index (χ3n) is 1.32. The van der Waals surface area contributed by atoms with Crippen LogP contribution in [-0.4, -0.2) is 29.7 Å². The van der Waals surface area contributed by atoms with Crippen molar-refractivity contribution in [3.63, 3.8) is 0 Å². The SMILES string of the molecule is CCOCc1ccccc1.[H-].[H-].[Mg+2]. The Hall–Kier alpha value is -0.0538. The fraction of sp³-hybridized carbons (Fsp3) is 0.333. The Bertz CT molecular complexity index is 182. The van der Waals surface area contributed by atoms with Gasteiger partial charge in [-0.25, -0.2) is 0 Å². The molecule has 0 aromatic heterocycles. The van der Waals surface area contributed by atoms with Crippen LogP contribution in [0.4, 0.5) is 0 Å². The average Bonchev–Trinajstić information content (AvgIpc) is 2.03. The summed E-state index contributed by atoms with van der Waals surface area (Å²) in [6, 6.07) is 10.2. The van der Waals surface area contributed by atoms with Gasteiger partial charge in [0.2, 0.25) is 0 Å². The van der Waals surface area contributed by atoms with E-state index in [1.807, 2.05) is 25.1 Å². The largest absolute Gasteiger partial charge is 2.00 e. The molecule has 0 unspecified atom stereocenters. The molecule has 0 N–H and O–H groups in total. The molecule has 1 aromatic rings. The van der Waals surface area contributed by atoms with Gasteiger partial charge in [0.25, 0.3) is 0 Å². The first kappa shape index (κ1) is 10.9. The van der Waals surface area contributed by atoms with E-state index in [1.165, 1.54) is 5.56 Å². The van der Waals surface area contributed by atoms with E-state index in [2.05, 4.69) is 12.1 Å². The molecule has 0 saturated carbocycles. The monoisotopic (exact) mass is 162 g/mol. The maximum absolute atomic E-state index is 5.22. The molecule has 1 nitrogen and oxygen atoms in total. The standard InChI is InChI=1S/C9H12O.Mg.2H/c1-2-10-8-9-6-4-3-5-7-9;;;/h3-7H,2,8H2,1H3;;;/q;+2;2*-1. The Morgan fingerprint density at radius 1 is 1.27 bits per heavy atom. The van der Waals surface area contributed by atoms with Gasteiger partial charge in [-0.1, -0.05) is 30.3 Å². The Kier molecular flexibility index (Phi) is 6.61. The first-order valence-electron chi connectivity index (χ1n) is 3.55. The molecule has 0 bridgehead atoms. The van der Waals surface area contributed by atoms with Gasteiger partial charge >= 0.3 is 23.1 Å². The minimum Gasteiger partial charge on any atom is -1.00 e. The molecule has 0 saturated heterocycles. The maximum Gasteiger partial charge on any atom is 2.00 e. The molecule has 0 aliphatic heterocycles. The Labute approximate surface area is 86.9 Å². The van der Waals surface area contributed by atoms with Crippen LogP contribution in [0.15, 0.2) is 30.3 Å². The molecule has 0 atom stereocenters. The molecule has 0 fully saturated rings. The quantitative estimate of drug-likeness (QED) is 0.619. The van der Waals surface area contributed by atoms with Crippen molar-refractivity contribution in [1.82, 2.24) is 0 Å². The summed E-state index contributed by atoms with van der Waals surface area (Å²) in [7, 11) is 0. The average molecular weight is 163 g/mol. The zero-order valence-corrected chi connectivity index (χ0v) is 8.33. The first-order valence-corrected chi connectivity index (χ1v) is 3.55. The topological polar surface area (TPSA) is 9.23 Å². The number of hydrogen-bond acceptors (Lipinski definition) is 1. The van der Waals surface area contributed by atoms with Crippen LogP contribution < -0.4 is 0 Å². The molecule has 0 radical (unpaired) electrons. The smallest absolute Gasteiger partial charge is 1.00 e. The molecule has 0 heterocycles. The van der Waals surface area contributed by atoms with E-state index in [0.717, 1.165) is 13.2 Å². The van der Waals surface area contributed by atoms with Crippen molar-refractivity contribution in [1.29, 1.82) is 0 Å². The van der Waals surface area contributed by atoms with Gasteiger partial charge in [-0.3, -0.25) is 0 Å². The summed E-state index contributed by atoms with van der Waals surface area (Å²) in [5, 5.41) is 0. The summed E-state index contributed by atoms with van der Waals surface area (Å²) >= 11 is 0. The van der Waals surface area contributed by atoms with Crippen molar-refractivity contribution in [2.75, 3.05) is 6.61 Å². The fourth-order valence-electron chi connectivity index (χ4n) is 0.794. The fourth-order valence-corrected chi connectivity index (χ4v) is 0.794. The molecule has 2 heteroatoms. The maximum atomic E-state index is 5.22. The van der Waals surface area contributed by atoms with Crippen molar-refractivity contribution in [2.24, 2.45) is 0 Å². The van der Waals surface area contributed by atoms with Crippen LogP contribution >= 0.6 is 0 Å². The van der Waals surface area contributed by atoms with Gasteiger partial charge in [-0.15, -0.1) is 0 Å². The molecular formula is C9H14MgO. The van der Waals surface area contributed by atoms with Gasteiger partial charge < -0.3 is 7.59 Å². The van der Waals surface area contributed by atoms with Crippen molar-refractivity contribution in [2.45, 2.75) is 13.5 Å². The number of rotatable bonds is 3. The Balaban J connectivity index is -0.000000333. The minimum absolute atomic E-state index is 0. The van der Waals surface area contributed by atoms with Crippen LogP contribution in [0.3, 0.4) is 0 Å². The predicted molar refractivity (Wildman–Crippen MR) is 49.8 cm³/mol. The van der Waals surface area contributed by atoms with Crippen LogP contribution in [0.1, 0.15) is 15.3 Å². The van der Waals surface area contributed by atoms with Crippen LogP contribution in [0.2, 0.25) is 0 Å². The van der Waals surface area contributed by atoms with E-state index in [1.54, 1.807) is 0 Å². The molecule has 11 heavy (non-hydrogen) atoms. The molecular weight excluding hydrogens is 148 g/mol. The van der Waals surface area contributed by atoms with Gasteiger partial charge in [-0.2, -0.15) is 0 Å². The molecule has 0 aliphatic rings. The second kappa shape index (κ2) is 6.64. The van der Waals surface area contributed by atoms with Crippen LogP contribution in [0.25, 0.3) is 0 Å². The van der Waals surface area contributed by atoms with Crippen LogP contribution in [0, 0.1) is 0 Å². The van der Waals surface area contributed by atoms with Crippen molar-refractivity contribution < 1.29 is 7.59 Å². The summed E-state index contributed by atoms with van der Waals surface area (Å²) in [5.41, 5.74) is 1.24. The number of ether oxygens (including phenoxy) is 1. The van der Waals surface area contributed by atoms with Crippen molar-refractivity contribution >= 4 is 23.1 Å².